The third-order valence-corrected chi connectivity index (χ3v) is 1.67. The van der Waals surface area contributed by atoms with Gasteiger partial charge < -0.3 is 9.47 Å². The summed E-state index contributed by atoms with van der Waals surface area (Å²) >= 11 is 5.85. The highest BCUT2D eigenvalue weighted by Gasteiger charge is 2.01. The van der Waals surface area contributed by atoms with Crippen molar-refractivity contribution in [1.29, 1.82) is 0 Å². The summed E-state index contributed by atoms with van der Waals surface area (Å²) in [5.74, 6) is 1.29. The van der Waals surface area contributed by atoms with Gasteiger partial charge in [0.05, 0.1) is 11.6 Å². The lowest BCUT2D eigenvalue weighted by Crippen LogP contribution is -1.92. The molecule has 12 heavy (non-hydrogen) atoms. The first-order chi connectivity index (χ1) is 5.77. The summed E-state index contributed by atoms with van der Waals surface area (Å²) in [5.41, 5.74) is 0. The Balaban J connectivity index is 2.87. The van der Waals surface area contributed by atoms with Crippen molar-refractivity contribution in [3.8, 4) is 11.5 Å². The summed E-state index contributed by atoms with van der Waals surface area (Å²) in [6.07, 6.45) is 0. The molecule has 0 fully saturated rings. The molecule has 0 aliphatic heterocycles. The van der Waals surface area contributed by atoms with E-state index in [0.717, 1.165) is 0 Å². The van der Waals surface area contributed by atoms with Crippen molar-refractivity contribution in [3.05, 3.63) is 30.3 Å². The average molecular weight is 186 g/mol. The Kier molecular flexibility index (Phi) is 3.23. The van der Waals surface area contributed by atoms with Crippen molar-refractivity contribution in [1.82, 2.24) is 0 Å². The molecular formula is C9H10ClO2. The highest BCUT2D eigenvalue weighted by atomic mass is 35.5. The molecule has 3 heteroatoms. The topological polar surface area (TPSA) is 18.5 Å². The van der Waals surface area contributed by atoms with Crippen LogP contribution < -0.4 is 9.47 Å². The highest BCUT2D eigenvalue weighted by molar-refractivity contribution is 6.32. The zero-order chi connectivity index (χ0) is 8.97. The predicted molar refractivity (Wildman–Crippen MR) is 48.6 cm³/mol. The molecule has 1 rings (SSSR count). The molecule has 0 heterocycles. The Morgan fingerprint density at radius 3 is 2.75 bits per heavy atom. The molecule has 0 saturated carbocycles. The lowest BCUT2D eigenvalue weighted by atomic mass is 10.3. The fraction of sp³-hybridized carbons (Fsp3) is 0.222. The van der Waals surface area contributed by atoms with E-state index < -0.39 is 0 Å². The molecule has 0 atom stereocenters. The summed E-state index contributed by atoms with van der Waals surface area (Å²) in [7, 11) is 3.27. The van der Waals surface area contributed by atoms with Crippen LogP contribution in [0.15, 0.2) is 18.2 Å². The van der Waals surface area contributed by atoms with Crippen LogP contribution >= 0.6 is 11.6 Å². The average Bonchev–Trinajstić information content (AvgIpc) is 2.09. The van der Waals surface area contributed by atoms with Gasteiger partial charge in [0.2, 0.25) is 0 Å². The molecule has 0 bridgehead atoms. The molecule has 1 radical (unpaired) electrons. The second-order valence-corrected chi connectivity index (χ2v) is 2.58. The van der Waals surface area contributed by atoms with Crippen molar-refractivity contribution in [2.24, 2.45) is 0 Å². The number of hydrogen-bond acceptors (Lipinski definition) is 2. The van der Waals surface area contributed by atoms with E-state index in [1.807, 2.05) is 6.92 Å². The molecular weight excluding hydrogens is 176 g/mol. The van der Waals surface area contributed by atoms with Crippen LogP contribution in [0.25, 0.3) is 0 Å². The fourth-order valence-electron chi connectivity index (χ4n) is 0.844. The van der Waals surface area contributed by atoms with Crippen LogP contribution in [0.2, 0.25) is 5.02 Å². The summed E-state index contributed by atoms with van der Waals surface area (Å²) < 4.78 is 9.97. The fourth-order valence-corrected chi connectivity index (χ4v) is 1.07. The molecule has 0 unspecified atom stereocenters. The minimum atomic E-state index is 0.540. The highest BCUT2D eigenvalue weighted by Crippen LogP contribution is 2.28. The Hall–Kier alpha value is -0.890. The van der Waals surface area contributed by atoms with Gasteiger partial charge in [-0.1, -0.05) is 11.6 Å². The molecule has 0 aromatic heterocycles. The van der Waals surface area contributed by atoms with Gasteiger partial charge in [0.1, 0.15) is 18.6 Å². The number of rotatable bonds is 3. The minimum Gasteiger partial charge on any atom is -0.492 e. The van der Waals surface area contributed by atoms with Crippen molar-refractivity contribution in [2.45, 2.75) is 6.92 Å². The van der Waals surface area contributed by atoms with Crippen LogP contribution in [0.4, 0.5) is 0 Å². The first-order valence-electron chi connectivity index (χ1n) is 3.62. The third-order valence-electron chi connectivity index (χ3n) is 1.37. The van der Waals surface area contributed by atoms with Gasteiger partial charge in [0.15, 0.2) is 0 Å². The maximum Gasteiger partial charge on any atom is 0.138 e. The lowest BCUT2D eigenvalue weighted by Gasteiger charge is -2.06. The number of benzene rings is 1. The zero-order valence-corrected chi connectivity index (χ0v) is 7.60. The number of ether oxygens (including phenoxy) is 2. The number of hydrogen-bond donors (Lipinski definition) is 0. The van der Waals surface area contributed by atoms with E-state index in [2.05, 4.69) is 7.11 Å². The van der Waals surface area contributed by atoms with Crippen LogP contribution in [0.3, 0.4) is 0 Å². The second kappa shape index (κ2) is 4.21. The lowest BCUT2D eigenvalue weighted by molar-refractivity contribution is 0.339. The summed E-state index contributed by atoms with van der Waals surface area (Å²) in [4.78, 5) is 0. The first kappa shape index (κ1) is 9.20. The molecule has 2 nitrogen and oxygen atoms in total. The molecule has 0 spiro atoms. The smallest absolute Gasteiger partial charge is 0.138 e. The largest absolute Gasteiger partial charge is 0.492 e. The van der Waals surface area contributed by atoms with Crippen molar-refractivity contribution in [3.63, 3.8) is 0 Å². The molecule has 0 N–H and O–H groups in total. The Morgan fingerprint density at radius 1 is 1.50 bits per heavy atom. The summed E-state index contributed by atoms with van der Waals surface area (Å²) in [6, 6.07) is 5.18. The van der Waals surface area contributed by atoms with Gasteiger partial charge in [-0.2, -0.15) is 0 Å². The molecule has 0 aliphatic rings. The maximum atomic E-state index is 5.85. The van der Waals surface area contributed by atoms with Gasteiger partial charge in [0, 0.05) is 6.07 Å². The van der Waals surface area contributed by atoms with Crippen molar-refractivity contribution in [2.75, 3.05) is 6.61 Å². The SMILES string of the molecule is [CH2]Oc1ccc(OCC)c(Cl)c1. The van der Waals surface area contributed by atoms with E-state index in [9.17, 15) is 0 Å². The van der Waals surface area contributed by atoms with Crippen LogP contribution in [-0.4, -0.2) is 6.61 Å². The van der Waals surface area contributed by atoms with Gasteiger partial charge in [-0.3, -0.25) is 0 Å². The van der Waals surface area contributed by atoms with Crippen LogP contribution in [0.1, 0.15) is 6.92 Å². The molecule has 1 aromatic rings. The van der Waals surface area contributed by atoms with Crippen LogP contribution in [0.5, 0.6) is 11.5 Å². The van der Waals surface area contributed by atoms with Gasteiger partial charge in [-0.05, 0) is 19.1 Å². The zero-order valence-electron chi connectivity index (χ0n) is 6.84. The van der Waals surface area contributed by atoms with Crippen LogP contribution in [0, 0.1) is 7.11 Å². The molecule has 1 aromatic carbocycles. The maximum absolute atomic E-state index is 5.85. The number of halogens is 1. The summed E-state index contributed by atoms with van der Waals surface area (Å²) in [5, 5.41) is 0.540. The van der Waals surface area contributed by atoms with Crippen molar-refractivity contribution < 1.29 is 9.47 Å². The normalized spacial score (nSPS) is 9.58. The van der Waals surface area contributed by atoms with E-state index in [1.54, 1.807) is 18.2 Å². The third kappa shape index (κ3) is 2.05. The molecule has 0 aliphatic carbocycles. The van der Waals surface area contributed by atoms with E-state index in [4.69, 9.17) is 21.1 Å². The minimum absolute atomic E-state index is 0.540. The van der Waals surface area contributed by atoms with Gasteiger partial charge in [-0.15, -0.1) is 0 Å². The van der Waals surface area contributed by atoms with E-state index >= 15 is 0 Å². The molecule has 0 amide bonds. The standard InChI is InChI=1S/C9H10ClO2/c1-3-12-9-5-4-7(11-2)6-8(9)10/h4-6H,2-3H2,1H3. The van der Waals surface area contributed by atoms with E-state index in [1.165, 1.54) is 0 Å². The van der Waals surface area contributed by atoms with Gasteiger partial charge >= 0.3 is 0 Å². The van der Waals surface area contributed by atoms with Crippen molar-refractivity contribution >= 4 is 11.6 Å². The Bertz CT molecular complexity index is 261. The van der Waals surface area contributed by atoms with E-state index in [0.29, 0.717) is 23.1 Å². The van der Waals surface area contributed by atoms with E-state index in [-0.39, 0.29) is 0 Å². The first-order valence-corrected chi connectivity index (χ1v) is 4.00. The Morgan fingerprint density at radius 2 is 2.25 bits per heavy atom. The van der Waals surface area contributed by atoms with Crippen LogP contribution in [-0.2, 0) is 0 Å². The molecule has 65 valence electrons. The Labute approximate surface area is 77.1 Å². The van der Waals surface area contributed by atoms with Gasteiger partial charge in [-0.25, -0.2) is 0 Å². The predicted octanol–water partition coefficient (Wildman–Crippen LogP) is 2.91. The molecule has 0 saturated heterocycles. The van der Waals surface area contributed by atoms with Gasteiger partial charge in [0.25, 0.3) is 0 Å². The second-order valence-electron chi connectivity index (χ2n) is 2.17. The monoisotopic (exact) mass is 185 g/mol. The summed E-state index contributed by atoms with van der Waals surface area (Å²) in [6.45, 7) is 2.51. The quantitative estimate of drug-likeness (QED) is 0.721.